The van der Waals surface area contributed by atoms with Crippen molar-refractivity contribution in [1.82, 2.24) is 20.6 Å². The Bertz CT molecular complexity index is 596. The highest BCUT2D eigenvalue weighted by Gasteiger charge is 2.25. The Kier molecular flexibility index (Phi) is 10.5. The van der Waals surface area contributed by atoms with Gasteiger partial charge in [0.15, 0.2) is 0 Å². The third-order valence-electron chi connectivity index (χ3n) is 5.83. The van der Waals surface area contributed by atoms with Crippen LogP contribution in [0.1, 0.15) is 50.5 Å². The number of hydrogen-bond donors (Lipinski definition) is 2. The summed E-state index contributed by atoms with van der Waals surface area (Å²) in [7, 11) is 0. The van der Waals surface area contributed by atoms with Crippen LogP contribution in [0.3, 0.4) is 0 Å². The van der Waals surface area contributed by atoms with Gasteiger partial charge in [-0.15, -0.1) is 24.8 Å². The van der Waals surface area contributed by atoms with Gasteiger partial charge in [0.2, 0.25) is 5.91 Å². The molecule has 1 unspecified atom stereocenters. The summed E-state index contributed by atoms with van der Waals surface area (Å²) in [5, 5.41) is 6.67. The smallest absolute Gasteiger partial charge is 0.220 e. The van der Waals surface area contributed by atoms with Gasteiger partial charge in [0, 0.05) is 37.3 Å². The van der Waals surface area contributed by atoms with Crippen LogP contribution < -0.4 is 15.5 Å². The predicted octanol–water partition coefficient (Wildman–Crippen LogP) is 3.05. The number of anilines is 1. The molecule has 1 atom stereocenters. The molecule has 2 saturated heterocycles. The lowest BCUT2D eigenvalue weighted by atomic mass is 9.84. The highest BCUT2D eigenvalue weighted by molar-refractivity contribution is 5.85. The van der Waals surface area contributed by atoms with E-state index in [2.05, 4.69) is 32.4 Å². The van der Waals surface area contributed by atoms with Gasteiger partial charge in [0.25, 0.3) is 0 Å². The molecule has 0 aromatic carbocycles. The van der Waals surface area contributed by atoms with Crippen molar-refractivity contribution in [3.8, 4) is 0 Å². The number of aromatic nitrogens is 2. The number of amides is 1. The summed E-state index contributed by atoms with van der Waals surface area (Å²) in [6.07, 6.45) is 5.02. The summed E-state index contributed by atoms with van der Waals surface area (Å²) >= 11 is 0. The number of carbonyl (C=O) groups is 1. The van der Waals surface area contributed by atoms with E-state index in [4.69, 9.17) is 0 Å². The van der Waals surface area contributed by atoms with E-state index < -0.39 is 0 Å². The van der Waals surface area contributed by atoms with Crippen molar-refractivity contribution in [3.05, 3.63) is 17.6 Å². The van der Waals surface area contributed by atoms with Crippen molar-refractivity contribution in [3.63, 3.8) is 0 Å². The maximum atomic E-state index is 12.4. The largest absolute Gasteiger partial charge is 0.356 e. The van der Waals surface area contributed by atoms with Gasteiger partial charge in [0.05, 0.1) is 0 Å². The first kappa shape index (κ1) is 24.9. The fourth-order valence-corrected chi connectivity index (χ4v) is 4.27. The van der Waals surface area contributed by atoms with Gasteiger partial charge in [-0.1, -0.05) is 6.92 Å². The maximum Gasteiger partial charge on any atom is 0.220 e. The van der Waals surface area contributed by atoms with E-state index in [1.165, 1.54) is 12.8 Å². The molecule has 160 valence electrons. The van der Waals surface area contributed by atoms with E-state index in [-0.39, 0.29) is 30.7 Å². The van der Waals surface area contributed by atoms with Gasteiger partial charge in [-0.05, 0) is 64.5 Å². The SMILES string of the molecule is Cc1cc(N2CCC(NC(=O)CC(C)C3CCNCC3)CC2)nc(C)n1.Cl.Cl. The molecule has 6 nitrogen and oxygen atoms in total. The zero-order valence-electron chi connectivity index (χ0n) is 17.2. The fourth-order valence-electron chi connectivity index (χ4n) is 4.27. The molecular formula is C20H35Cl2N5O. The Morgan fingerprint density at radius 3 is 2.43 bits per heavy atom. The van der Waals surface area contributed by atoms with Crippen LogP contribution in [-0.2, 0) is 4.79 Å². The Labute approximate surface area is 181 Å². The lowest BCUT2D eigenvalue weighted by molar-refractivity contribution is -0.123. The predicted molar refractivity (Wildman–Crippen MR) is 119 cm³/mol. The zero-order valence-corrected chi connectivity index (χ0v) is 18.9. The minimum Gasteiger partial charge on any atom is -0.356 e. The van der Waals surface area contributed by atoms with Crippen molar-refractivity contribution < 1.29 is 4.79 Å². The molecule has 0 aliphatic carbocycles. The number of halogens is 2. The molecule has 0 spiro atoms. The first-order chi connectivity index (χ1) is 12.5. The lowest BCUT2D eigenvalue weighted by Crippen LogP contribution is -2.45. The molecule has 28 heavy (non-hydrogen) atoms. The van der Waals surface area contributed by atoms with Crippen molar-refractivity contribution in [2.45, 2.75) is 58.9 Å². The van der Waals surface area contributed by atoms with Gasteiger partial charge in [-0.2, -0.15) is 0 Å². The number of nitrogens with one attached hydrogen (secondary N) is 2. The average Bonchev–Trinajstić information content (AvgIpc) is 2.62. The molecule has 2 N–H and O–H groups in total. The van der Waals surface area contributed by atoms with Crippen LogP contribution in [0.5, 0.6) is 0 Å². The van der Waals surface area contributed by atoms with Crippen LogP contribution in [-0.4, -0.2) is 48.1 Å². The lowest BCUT2D eigenvalue weighted by Gasteiger charge is -2.34. The molecule has 3 rings (SSSR count). The summed E-state index contributed by atoms with van der Waals surface area (Å²) in [5.41, 5.74) is 1.01. The number of carbonyl (C=O) groups excluding carboxylic acids is 1. The van der Waals surface area contributed by atoms with Crippen molar-refractivity contribution in [1.29, 1.82) is 0 Å². The van der Waals surface area contributed by atoms with E-state index in [1.807, 2.05) is 19.9 Å². The first-order valence-corrected chi connectivity index (χ1v) is 10.1. The monoisotopic (exact) mass is 431 g/mol. The molecule has 0 radical (unpaired) electrons. The van der Waals surface area contributed by atoms with Gasteiger partial charge in [-0.25, -0.2) is 9.97 Å². The van der Waals surface area contributed by atoms with Gasteiger partial charge in [0.1, 0.15) is 11.6 Å². The standard InChI is InChI=1S/C20H33N5O.2ClH/c1-14(17-4-8-21-9-5-17)12-20(26)24-18-6-10-25(11-7-18)19-13-15(2)22-16(3)23-19;;/h13-14,17-18,21H,4-12H2,1-3H3,(H,24,26);2*1H. The van der Waals surface area contributed by atoms with Crippen LogP contribution in [0.2, 0.25) is 0 Å². The van der Waals surface area contributed by atoms with Crippen LogP contribution >= 0.6 is 24.8 Å². The van der Waals surface area contributed by atoms with E-state index >= 15 is 0 Å². The van der Waals surface area contributed by atoms with Crippen molar-refractivity contribution in [2.75, 3.05) is 31.1 Å². The third-order valence-corrected chi connectivity index (χ3v) is 5.83. The second kappa shape index (κ2) is 11.8. The Morgan fingerprint density at radius 2 is 1.82 bits per heavy atom. The number of hydrogen-bond acceptors (Lipinski definition) is 5. The second-order valence-corrected chi connectivity index (χ2v) is 8.01. The van der Waals surface area contributed by atoms with E-state index in [0.717, 1.165) is 56.4 Å². The van der Waals surface area contributed by atoms with E-state index in [0.29, 0.717) is 24.3 Å². The summed E-state index contributed by atoms with van der Waals surface area (Å²) in [6.45, 7) is 10.2. The minimum absolute atomic E-state index is 0. The quantitative estimate of drug-likeness (QED) is 0.749. The number of rotatable bonds is 5. The van der Waals surface area contributed by atoms with Crippen LogP contribution in [0.15, 0.2) is 6.07 Å². The average molecular weight is 432 g/mol. The molecule has 1 aromatic rings. The number of aryl methyl sites for hydroxylation is 2. The minimum atomic E-state index is 0. The highest BCUT2D eigenvalue weighted by Crippen LogP contribution is 2.24. The van der Waals surface area contributed by atoms with Gasteiger partial charge in [-0.3, -0.25) is 4.79 Å². The van der Waals surface area contributed by atoms with E-state index in [1.54, 1.807) is 0 Å². The van der Waals surface area contributed by atoms with Gasteiger partial charge < -0.3 is 15.5 Å². The zero-order chi connectivity index (χ0) is 18.5. The topological polar surface area (TPSA) is 70.2 Å². The molecule has 2 aliphatic rings. The molecule has 1 aromatic heterocycles. The highest BCUT2D eigenvalue weighted by atomic mass is 35.5. The van der Waals surface area contributed by atoms with Crippen molar-refractivity contribution >= 4 is 36.5 Å². The molecule has 0 bridgehead atoms. The Morgan fingerprint density at radius 1 is 1.18 bits per heavy atom. The number of nitrogens with zero attached hydrogens (tertiary/aromatic N) is 3. The second-order valence-electron chi connectivity index (χ2n) is 8.01. The van der Waals surface area contributed by atoms with Crippen LogP contribution in [0.25, 0.3) is 0 Å². The summed E-state index contributed by atoms with van der Waals surface area (Å²) in [4.78, 5) is 23.7. The molecule has 0 saturated carbocycles. The molecule has 2 aliphatic heterocycles. The van der Waals surface area contributed by atoms with Gasteiger partial charge >= 0.3 is 0 Å². The first-order valence-electron chi connectivity index (χ1n) is 10.1. The summed E-state index contributed by atoms with van der Waals surface area (Å²) < 4.78 is 0. The number of piperidine rings is 2. The Balaban J connectivity index is 0.00000196. The molecule has 8 heteroatoms. The maximum absolute atomic E-state index is 12.4. The fraction of sp³-hybridized carbons (Fsp3) is 0.750. The van der Waals surface area contributed by atoms with E-state index in [9.17, 15) is 4.79 Å². The summed E-state index contributed by atoms with van der Waals surface area (Å²) in [6, 6.07) is 2.34. The normalized spacial score (nSPS) is 19.3. The molecule has 3 heterocycles. The molecule has 2 fully saturated rings. The third kappa shape index (κ3) is 7.05. The van der Waals surface area contributed by atoms with Crippen LogP contribution in [0, 0.1) is 25.7 Å². The summed E-state index contributed by atoms with van der Waals surface area (Å²) in [5.74, 6) is 3.22. The van der Waals surface area contributed by atoms with Crippen molar-refractivity contribution in [2.24, 2.45) is 11.8 Å². The van der Waals surface area contributed by atoms with Crippen LogP contribution in [0.4, 0.5) is 5.82 Å². The molecular weight excluding hydrogens is 397 g/mol. The Hall–Kier alpha value is -1.11. The molecule has 1 amide bonds.